The highest BCUT2D eigenvalue weighted by Crippen LogP contribution is 2.25. The molecule has 0 radical (unpaired) electrons. The molecule has 0 spiro atoms. The second-order valence-electron chi connectivity index (χ2n) is 4.12. The van der Waals surface area contributed by atoms with Gasteiger partial charge in [0.05, 0.1) is 10.7 Å². The Kier molecular flexibility index (Phi) is 2.99. The van der Waals surface area contributed by atoms with E-state index >= 15 is 0 Å². The molecule has 0 saturated carbocycles. The Hall–Kier alpha value is -1.87. The maximum absolute atomic E-state index is 5.86. The van der Waals surface area contributed by atoms with Gasteiger partial charge in [-0.15, -0.1) is 11.3 Å². The van der Waals surface area contributed by atoms with Gasteiger partial charge in [0.2, 0.25) is 0 Å². The summed E-state index contributed by atoms with van der Waals surface area (Å²) in [5.74, 6) is 0.916. The van der Waals surface area contributed by atoms with Crippen molar-refractivity contribution in [1.29, 1.82) is 0 Å². The summed E-state index contributed by atoms with van der Waals surface area (Å²) in [4.78, 5) is 4.40. The SMILES string of the molecule is Cc1nc(COc2cccc3ccccc23)cs1. The van der Waals surface area contributed by atoms with Crippen LogP contribution in [0.3, 0.4) is 0 Å². The molecular weight excluding hydrogens is 242 g/mol. The van der Waals surface area contributed by atoms with Crippen LogP contribution in [0.2, 0.25) is 0 Å². The summed E-state index contributed by atoms with van der Waals surface area (Å²) in [6.45, 7) is 2.53. The van der Waals surface area contributed by atoms with E-state index in [4.69, 9.17) is 4.74 Å². The minimum absolute atomic E-state index is 0.526. The Morgan fingerprint density at radius 1 is 1.11 bits per heavy atom. The van der Waals surface area contributed by atoms with E-state index in [0.717, 1.165) is 21.8 Å². The van der Waals surface area contributed by atoms with E-state index in [-0.39, 0.29) is 0 Å². The van der Waals surface area contributed by atoms with E-state index in [9.17, 15) is 0 Å². The van der Waals surface area contributed by atoms with Crippen LogP contribution in [0.4, 0.5) is 0 Å². The van der Waals surface area contributed by atoms with E-state index < -0.39 is 0 Å². The third-order valence-corrected chi connectivity index (χ3v) is 3.61. The van der Waals surface area contributed by atoms with Crippen molar-refractivity contribution < 1.29 is 4.74 Å². The molecule has 2 nitrogen and oxygen atoms in total. The molecule has 1 heterocycles. The molecule has 0 aliphatic heterocycles. The predicted molar refractivity (Wildman–Crippen MR) is 75.1 cm³/mol. The highest BCUT2D eigenvalue weighted by molar-refractivity contribution is 7.09. The highest BCUT2D eigenvalue weighted by Gasteiger charge is 2.03. The van der Waals surface area contributed by atoms with E-state index in [1.165, 1.54) is 5.39 Å². The first-order chi connectivity index (χ1) is 8.83. The largest absolute Gasteiger partial charge is 0.487 e. The monoisotopic (exact) mass is 255 g/mol. The van der Waals surface area contributed by atoms with Crippen LogP contribution in [0.15, 0.2) is 47.8 Å². The summed E-state index contributed by atoms with van der Waals surface area (Å²) >= 11 is 1.65. The van der Waals surface area contributed by atoms with Gasteiger partial charge in [0, 0.05) is 10.8 Å². The molecule has 3 heteroatoms. The smallest absolute Gasteiger partial charge is 0.131 e. The number of aryl methyl sites for hydroxylation is 1. The molecule has 2 aromatic carbocycles. The van der Waals surface area contributed by atoms with Crippen LogP contribution < -0.4 is 4.74 Å². The van der Waals surface area contributed by atoms with Crippen LogP contribution >= 0.6 is 11.3 Å². The fraction of sp³-hybridized carbons (Fsp3) is 0.133. The average molecular weight is 255 g/mol. The van der Waals surface area contributed by atoms with Gasteiger partial charge >= 0.3 is 0 Å². The molecule has 0 saturated heterocycles. The molecule has 0 aliphatic rings. The Balaban J connectivity index is 1.86. The lowest BCUT2D eigenvalue weighted by atomic mass is 10.1. The van der Waals surface area contributed by atoms with Gasteiger partial charge in [-0.3, -0.25) is 0 Å². The molecule has 0 atom stereocenters. The lowest BCUT2D eigenvalue weighted by Crippen LogP contribution is -1.96. The molecule has 0 aliphatic carbocycles. The minimum atomic E-state index is 0.526. The van der Waals surface area contributed by atoms with E-state index in [1.54, 1.807) is 11.3 Å². The summed E-state index contributed by atoms with van der Waals surface area (Å²) in [6.07, 6.45) is 0. The molecule has 90 valence electrons. The van der Waals surface area contributed by atoms with Crippen molar-refractivity contribution >= 4 is 22.1 Å². The Bertz CT molecular complexity index is 670. The van der Waals surface area contributed by atoms with Gasteiger partial charge in [-0.1, -0.05) is 36.4 Å². The summed E-state index contributed by atoms with van der Waals surface area (Å²) in [5, 5.41) is 5.46. The van der Waals surface area contributed by atoms with Gasteiger partial charge in [0.1, 0.15) is 12.4 Å². The van der Waals surface area contributed by atoms with Crippen molar-refractivity contribution in [3.8, 4) is 5.75 Å². The van der Waals surface area contributed by atoms with Gasteiger partial charge in [-0.25, -0.2) is 4.98 Å². The van der Waals surface area contributed by atoms with E-state index in [2.05, 4.69) is 23.2 Å². The number of nitrogens with zero attached hydrogens (tertiary/aromatic N) is 1. The highest BCUT2D eigenvalue weighted by atomic mass is 32.1. The third-order valence-electron chi connectivity index (χ3n) is 2.79. The molecule has 0 fully saturated rings. The fourth-order valence-corrected chi connectivity index (χ4v) is 2.55. The molecule has 0 amide bonds. The average Bonchev–Trinajstić information content (AvgIpc) is 2.82. The first-order valence-corrected chi connectivity index (χ1v) is 6.72. The Morgan fingerprint density at radius 2 is 1.94 bits per heavy atom. The quantitative estimate of drug-likeness (QED) is 0.700. The van der Waals surface area contributed by atoms with Crippen LogP contribution in [-0.2, 0) is 6.61 Å². The molecular formula is C15H13NOS. The molecule has 0 bridgehead atoms. The third kappa shape index (κ3) is 2.22. The van der Waals surface area contributed by atoms with Crippen LogP contribution in [0.25, 0.3) is 10.8 Å². The van der Waals surface area contributed by atoms with Gasteiger partial charge in [-0.05, 0) is 18.4 Å². The van der Waals surface area contributed by atoms with Crippen molar-refractivity contribution in [3.63, 3.8) is 0 Å². The molecule has 0 N–H and O–H groups in total. The number of fused-ring (bicyclic) bond motifs is 1. The van der Waals surface area contributed by atoms with Crippen molar-refractivity contribution in [2.75, 3.05) is 0 Å². The maximum Gasteiger partial charge on any atom is 0.131 e. The summed E-state index contributed by atoms with van der Waals surface area (Å²) in [7, 11) is 0. The molecule has 3 aromatic rings. The zero-order valence-corrected chi connectivity index (χ0v) is 10.9. The molecule has 0 unspecified atom stereocenters. The fourth-order valence-electron chi connectivity index (χ4n) is 1.95. The summed E-state index contributed by atoms with van der Waals surface area (Å²) < 4.78 is 5.86. The second-order valence-corrected chi connectivity index (χ2v) is 5.19. The number of thiazole rings is 1. The van der Waals surface area contributed by atoms with Crippen molar-refractivity contribution in [1.82, 2.24) is 4.98 Å². The number of rotatable bonds is 3. The standard InChI is InChI=1S/C15H13NOS/c1-11-16-13(10-18-11)9-17-15-8-4-6-12-5-2-3-7-14(12)15/h2-8,10H,9H2,1H3. The van der Waals surface area contributed by atoms with Crippen molar-refractivity contribution in [3.05, 3.63) is 58.5 Å². The zero-order chi connectivity index (χ0) is 12.4. The number of benzene rings is 2. The number of hydrogen-bond donors (Lipinski definition) is 0. The Labute approximate surface area is 110 Å². The van der Waals surface area contributed by atoms with Gasteiger partial charge in [0.15, 0.2) is 0 Å². The van der Waals surface area contributed by atoms with Crippen LogP contribution in [-0.4, -0.2) is 4.98 Å². The molecule has 3 rings (SSSR count). The predicted octanol–water partition coefficient (Wildman–Crippen LogP) is 4.18. The number of ether oxygens (including phenoxy) is 1. The lowest BCUT2D eigenvalue weighted by Gasteiger charge is -2.07. The first kappa shape index (κ1) is 11.2. The first-order valence-electron chi connectivity index (χ1n) is 5.84. The summed E-state index contributed by atoms with van der Waals surface area (Å²) in [5.41, 5.74) is 0.991. The summed E-state index contributed by atoms with van der Waals surface area (Å²) in [6, 6.07) is 14.4. The number of hydrogen-bond acceptors (Lipinski definition) is 3. The molecule has 1 aromatic heterocycles. The number of aromatic nitrogens is 1. The van der Waals surface area contributed by atoms with Crippen molar-refractivity contribution in [2.24, 2.45) is 0 Å². The van der Waals surface area contributed by atoms with Crippen LogP contribution in [0.1, 0.15) is 10.7 Å². The Morgan fingerprint density at radius 3 is 2.78 bits per heavy atom. The molecule has 18 heavy (non-hydrogen) atoms. The van der Waals surface area contributed by atoms with Crippen LogP contribution in [0, 0.1) is 6.92 Å². The van der Waals surface area contributed by atoms with E-state index in [1.807, 2.05) is 36.6 Å². The maximum atomic E-state index is 5.86. The normalized spacial score (nSPS) is 10.7. The zero-order valence-electron chi connectivity index (χ0n) is 10.1. The van der Waals surface area contributed by atoms with Gasteiger partial charge in [0.25, 0.3) is 0 Å². The van der Waals surface area contributed by atoms with Gasteiger partial charge in [-0.2, -0.15) is 0 Å². The second kappa shape index (κ2) is 4.78. The van der Waals surface area contributed by atoms with Gasteiger partial charge < -0.3 is 4.74 Å². The van der Waals surface area contributed by atoms with Crippen LogP contribution in [0.5, 0.6) is 5.75 Å². The lowest BCUT2D eigenvalue weighted by molar-refractivity contribution is 0.306. The topological polar surface area (TPSA) is 22.1 Å². The van der Waals surface area contributed by atoms with Crippen molar-refractivity contribution in [2.45, 2.75) is 13.5 Å². The minimum Gasteiger partial charge on any atom is -0.487 e. The van der Waals surface area contributed by atoms with E-state index in [0.29, 0.717) is 6.61 Å².